The van der Waals surface area contributed by atoms with E-state index >= 15 is 0 Å². The van der Waals surface area contributed by atoms with Gasteiger partial charge in [-0.05, 0) is 12.5 Å². The maximum atomic E-state index is 5.03. The first-order valence-electron chi connectivity index (χ1n) is 5.43. The average Bonchev–Trinajstić information content (AvgIpc) is 2.38. The molecule has 17 heavy (non-hydrogen) atoms. The van der Waals surface area contributed by atoms with E-state index in [-0.39, 0.29) is 0 Å². The topological polar surface area (TPSA) is 47.0 Å². The van der Waals surface area contributed by atoms with Crippen LogP contribution in [0.3, 0.4) is 0 Å². The van der Waals surface area contributed by atoms with Crippen molar-refractivity contribution in [3.8, 4) is 5.88 Å². The van der Waals surface area contributed by atoms with Gasteiger partial charge in [0.2, 0.25) is 5.88 Å². The first-order chi connectivity index (χ1) is 8.28. The molecule has 0 aliphatic rings. The van der Waals surface area contributed by atoms with E-state index in [1.807, 2.05) is 0 Å². The maximum absolute atomic E-state index is 5.03. The number of benzene rings is 1. The van der Waals surface area contributed by atoms with Crippen LogP contribution in [-0.2, 0) is 6.54 Å². The van der Waals surface area contributed by atoms with E-state index < -0.39 is 0 Å². The number of nitrogens with one attached hydrogen (secondary N) is 1. The molecule has 1 heterocycles. The number of anilines is 1. The molecule has 0 saturated carbocycles. The first kappa shape index (κ1) is 11.4. The second-order valence-corrected chi connectivity index (χ2v) is 3.78. The third kappa shape index (κ3) is 3.17. The number of hydrogen-bond donors (Lipinski definition) is 1. The number of nitrogens with zero attached hydrogens (tertiary/aromatic N) is 2. The van der Waals surface area contributed by atoms with Crippen LogP contribution in [-0.4, -0.2) is 17.1 Å². The van der Waals surface area contributed by atoms with Gasteiger partial charge in [0.15, 0.2) is 0 Å². The van der Waals surface area contributed by atoms with E-state index in [4.69, 9.17) is 4.74 Å². The Hall–Kier alpha value is -2.10. The number of rotatable bonds is 4. The van der Waals surface area contributed by atoms with Crippen LogP contribution in [0.2, 0.25) is 0 Å². The van der Waals surface area contributed by atoms with Gasteiger partial charge in [-0.15, -0.1) is 0 Å². The average molecular weight is 229 g/mol. The lowest BCUT2D eigenvalue weighted by Crippen LogP contribution is -2.02. The third-order valence-corrected chi connectivity index (χ3v) is 2.45. The minimum absolute atomic E-state index is 0.561. The molecular weight excluding hydrogens is 214 g/mol. The Bertz CT molecular complexity index is 482. The van der Waals surface area contributed by atoms with Gasteiger partial charge < -0.3 is 10.1 Å². The lowest BCUT2D eigenvalue weighted by Gasteiger charge is -2.06. The predicted molar refractivity (Wildman–Crippen MR) is 67.1 cm³/mol. The summed E-state index contributed by atoms with van der Waals surface area (Å²) in [6.45, 7) is 2.81. The van der Waals surface area contributed by atoms with Crippen molar-refractivity contribution in [1.29, 1.82) is 0 Å². The Labute approximate surface area is 101 Å². The van der Waals surface area contributed by atoms with E-state index in [2.05, 4.69) is 46.5 Å². The van der Waals surface area contributed by atoms with Crippen molar-refractivity contribution in [2.24, 2.45) is 0 Å². The van der Waals surface area contributed by atoms with Crippen molar-refractivity contribution < 1.29 is 4.74 Å². The molecule has 1 aromatic heterocycles. The van der Waals surface area contributed by atoms with E-state index in [9.17, 15) is 0 Å². The Morgan fingerprint density at radius 2 is 1.94 bits per heavy atom. The molecule has 88 valence electrons. The molecule has 0 fully saturated rings. The lowest BCUT2D eigenvalue weighted by molar-refractivity contribution is 0.397. The lowest BCUT2D eigenvalue weighted by atomic mass is 10.1. The monoisotopic (exact) mass is 229 g/mol. The summed E-state index contributed by atoms with van der Waals surface area (Å²) in [7, 11) is 1.59. The second-order valence-electron chi connectivity index (χ2n) is 3.78. The van der Waals surface area contributed by atoms with Crippen molar-refractivity contribution in [3.63, 3.8) is 0 Å². The molecule has 1 aromatic carbocycles. The first-order valence-corrected chi connectivity index (χ1v) is 5.43. The van der Waals surface area contributed by atoms with Gasteiger partial charge in [-0.3, -0.25) is 0 Å². The molecular formula is C13H15N3O. The van der Waals surface area contributed by atoms with Gasteiger partial charge in [0.25, 0.3) is 0 Å². The van der Waals surface area contributed by atoms with Crippen molar-refractivity contribution in [2.45, 2.75) is 13.5 Å². The molecule has 0 radical (unpaired) electrons. The highest BCUT2D eigenvalue weighted by Gasteiger charge is 1.98. The van der Waals surface area contributed by atoms with Crippen LogP contribution in [0.1, 0.15) is 11.1 Å². The molecule has 0 unspecified atom stereocenters. The van der Waals surface area contributed by atoms with Crippen molar-refractivity contribution in [1.82, 2.24) is 9.97 Å². The fraction of sp³-hybridized carbons (Fsp3) is 0.231. The zero-order valence-corrected chi connectivity index (χ0v) is 9.97. The minimum Gasteiger partial charge on any atom is -0.481 e. The number of methoxy groups -OCH3 is 1. The normalized spacial score (nSPS) is 10.0. The van der Waals surface area contributed by atoms with Crippen LogP contribution in [0.15, 0.2) is 36.7 Å². The highest BCUT2D eigenvalue weighted by Crippen LogP contribution is 2.11. The fourth-order valence-corrected chi connectivity index (χ4v) is 1.45. The van der Waals surface area contributed by atoms with Crippen LogP contribution in [0.25, 0.3) is 0 Å². The van der Waals surface area contributed by atoms with Gasteiger partial charge in [0, 0.05) is 12.6 Å². The molecule has 0 saturated heterocycles. The van der Waals surface area contributed by atoms with Gasteiger partial charge in [0.1, 0.15) is 12.1 Å². The molecule has 0 aliphatic heterocycles. The Kier molecular flexibility index (Phi) is 3.55. The van der Waals surface area contributed by atoms with Crippen molar-refractivity contribution >= 4 is 5.82 Å². The number of ether oxygens (including phenoxy) is 1. The zero-order valence-electron chi connectivity index (χ0n) is 9.97. The largest absolute Gasteiger partial charge is 0.481 e. The minimum atomic E-state index is 0.561. The number of aromatic nitrogens is 2. The van der Waals surface area contributed by atoms with Gasteiger partial charge in [0.05, 0.1) is 7.11 Å². The molecule has 2 rings (SSSR count). The van der Waals surface area contributed by atoms with Crippen LogP contribution in [0.4, 0.5) is 5.82 Å². The highest BCUT2D eigenvalue weighted by atomic mass is 16.5. The summed E-state index contributed by atoms with van der Waals surface area (Å²) in [5.74, 6) is 1.32. The van der Waals surface area contributed by atoms with E-state index in [0.29, 0.717) is 5.88 Å². The van der Waals surface area contributed by atoms with Gasteiger partial charge >= 0.3 is 0 Å². The van der Waals surface area contributed by atoms with Crippen LogP contribution >= 0.6 is 0 Å². The van der Waals surface area contributed by atoms with Crippen molar-refractivity contribution in [3.05, 3.63) is 47.8 Å². The van der Waals surface area contributed by atoms with Crippen LogP contribution < -0.4 is 10.1 Å². The molecule has 0 amide bonds. The molecule has 0 bridgehead atoms. The standard InChI is InChI=1S/C13H15N3O/c1-10-3-5-11(6-4-10)8-14-12-7-13(17-2)16-9-15-12/h3-7,9H,8H2,1-2H3,(H,14,15,16). The quantitative estimate of drug-likeness (QED) is 0.874. The molecule has 1 N–H and O–H groups in total. The smallest absolute Gasteiger partial charge is 0.218 e. The predicted octanol–water partition coefficient (Wildman–Crippen LogP) is 2.41. The second kappa shape index (κ2) is 5.30. The summed E-state index contributed by atoms with van der Waals surface area (Å²) in [5, 5.41) is 3.22. The van der Waals surface area contributed by atoms with E-state index in [0.717, 1.165) is 12.4 Å². The SMILES string of the molecule is COc1cc(NCc2ccc(C)cc2)ncn1. The van der Waals surface area contributed by atoms with Crippen molar-refractivity contribution in [2.75, 3.05) is 12.4 Å². The summed E-state index contributed by atoms with van der Waals surface area (Å²) in [6.07, 6.45) is 1.48. The Morgan fingerprint density at radius 1 is 1.18 bits per heavy atom. The highest BCUT2D eigenvalue weighted by molar-refractivity contribution is 5.38. The molecule has 0 atom stereocenters. The van der Waals surface area contributed by atoms with Gasteiger partial charge in [-0.25, -0.2) is 9.97 Å². The van der Waals surface area contributed by atoms with Gasteiger partial charge in [-0.2, -0.15) is 0 Å². The molecule has 0 spiro atoms. The zero-order chi connectivity index (χ0) is 12.1. The van der Waals surface area contributed by atoms with E-state index in [1.54, 1.807) is 13.2 Å². The fourth-order valence-electron chi connectivity index (χ4n) is 1.45. The van der Waals surface area contributed by atoms with Gasteiger partial charge in [-0.1, -0.05) is 29.8 Å². The number of aryl methyl sites for hydroxylation is 1. The third-order valence-electron chi connectivity index (χ3n) is 2.45. The van der Waals surface area contributed by atoms with Crippen LogP contribution in [0, 0.1) is 6.92 Å². The molecule has 2 aromatic rings. The number of hydrogen-bond acceptors (Lipinski definition) is 4. The summed E-state index contributed by atoms with van der Waals surface area (Å²) < 4.78 is 5.03. The summed E-state index contributed by atoms with van der Waals surface area (Å²) in [4.78, 5) is 8.07. The van der Waals surface area contributed by atoms with E-state index in [1.165, 1.54) is 17.5 Å². The Morgan fingerprint density at radius 3 is 2.65 bits per heavy atom. The summed E-state index contributed by atoms with van der Waals surface area (Å²) in [6, 6.07) is 10.2. The maximum Gasteiger partial charge on any atom is 0.218 e. The van der Waals surface area contributed by atoms with Crippen LogP contribution in [0.5, 0.6) is 5.88 Å². The molecule has 4 heteroatoms. The molecule has 4 nitrogen and oxygen atoms in total. The molecule has 0 aliphatic carbocycles. The Balaban J connectivity index is 1.99. The summed E-state index contributed by atoms with van der Waals surface area (Å²) in [5.41, 5.74) is 2.48. The summed E-state index contributed by atoms with van der Waals surface area (Å²) >= 11 is 0.